The first-order chi connectivity index (χ1) is 13.8. The summed E-state index contributed by atoms with van der Waals surface area (Å²) in [6, 6.07) is 13.2. The summed E-state index contributed by atoms with van der Waals surface area (Å²) in [6.07, 6.45) is 1.08. The number of hydrogen-bond acceptors (Lipinski definition) is 6. The number of carbonyl (C=O) groups is 2. The molecule has 1 heterocycles. The Balaban J connectivity index is 1.78. The van der Waals surface area contributed by atoms with Crippen molar-refractivity contribution in [3.05, 3.63) is 83.4 Å². The number of ketones is 1. The first-order valence-electron chi connectivity index (χ1n) is 8.48. The predicted octanol–water partition coefficient (Wildman–Crippen LogP) is 2.83. The van der Waals surface area contributed by atoms with Gasteiger partial charge in [-0.3, -0.25) is 9.59 Å². The van der Waals surface area contributed by atoms with Crippen LogP contribution in [0.15, 0.2) is 66.0 Å². The number of anilines is 1. The third-order valence-electron chi connectivity index (χ3n) is 4.00. The van der Waals surface area contributed by atoms with Crippen molar-refractivity contribution in [2.75, 3.05) is 11.1 Å². The van der Waals surface area contributed by atoms with E-state index in [9.17, 15) is 22.4 Å². The summed E-state index contributed by atoms with van der Waals surface area (Å²) in [5.74, 6) is -2.37. The first-order valence-corrected chi connectivity index (χ1v) is 10.1. The Hall–Kier alpha value is -3.46. The van der Waals surface area contributed by atoms with Crippen LogP contribution >= 0.6 is 0 Å². The lowest BCUT2D eigenvalue weighted by atomic mass is 10.2. The Labute approximate surface area is 166 Å². The number of aryl methyl sites for hydroxylation is 1. The van der Waals surface area contributed by atoms with Gasteiger partial charge in [0.15, 0.2) is 5.78 Å². The predicted molar refractivity (Wildman–Crippen MR) is 104 cm³/mol. The maximum absolute atomic E-state index is 13.0. The molecule has 0 saturated carbocycles. The first kappa shape index (κ1) is 20.3. The molecule has 0 radical (unpaired) electrons. The van der Waals surface area contributed by atoms with Crippen LogP contribution in [0.25, 0.3) is 0 Å². The fraction of sp³-hybridized carbons (Fsp3) is 0.100. The van der Waals surface area contributed by atoms with E-state index in [0.717, 1.165) is 6.20 Å². The zero-order valence-corrected chi connectivity index (χ0v) is 16.1. The van der Waals surface area contributed by atoms with E-state index in [1.807, 2.05) is 0 Å². The van der Waals surface area contributed by atoms with Crippen LogP contribution in [0, 0.1) is 12.7 Å². The standard InChI is InChI=1S/C20H16FN3O4S/c1-13-17(19(26)24-16-9-7-15(21)8-10-16)11-22-20(23-13)29(27,28)12-18(25)14-5-3-2-4-6-14/h2-11H,12H2,1H3,(H,24,26). The van der Waals surface area contributed by atoms with Crippen LogP contribution in [-0.4, -0.2) is 35.8 Å². The van der Waals surface area contributed by atoms with E-state index in [1.54, 1.807) is 18.2 Å². The monoisotopic (exact) mass is 413 g/mol. The Morgan fingerprint density at radius 3 is 2.31 bits per heavy atom. The maximum atomic E-state index is 13.0. The van der Waals surface area contributed by atoms with E-state index in [1.165, 1.54) is 43.3 Å². The summed E-state index contributed by atoms with van der Waals surface area (Å²) in [5, 5.41) is 2.02. The largest absolute Gasteiger partial charge is 0.322 e. The van der Waals surface area contributed by atoms with Gasteiger partial charge in [-0.25, -0.2) is 22.8 Å². The molecule has 0 unspecified atom stereocenters. The average molecular weight is 413 g/mol. The van der Waals surface area contributed by atoms with Crippen LogP contribution in [0.4, 0.5) is 10.1 Å². The zero-order chi connectivity index (χ0) is 21.0. The Morgan fingerprint density at radius 1 is 1.03 bits per heavy atom. The minimum Gasteiger partial charge on any atom is -0.322 e. The van der Waals surface area contributed by atoms with Gasteiger partial charge in [-0.15, -0.1) is 0 Å². The number of aromatic nitrogens is 2. The highest BCUT2D eigenvalue weighted by Gasteiger charge is 2.25. The Morgan fingerprint density at radius 2 is 1.69 bits per heavy atom. The van der Waals surface area contributed by atoms with Gasteiger partial charge in [0.05, 0.1) is 11.3 Å². The molecule has 1 N–H and O–H groups in total. The fourth-order valence-electron chi connectivity index (χ4n) is 2.49. The van der Waals surface area contributed by atoms with Gasteiger partial charge < -0.3 is 5.32 Å². The van der Waals surface area contributed by atoms with Crippen LogP contribution in [0.3, 0.4) is 0 Å². The van der Waals surface area contributed by atoms with Crippen LogP contribution in [0.2, 0.25) is 0 Å². The van der Waals surface area contributed by atoms with E-state index in [-0.39, 0.29) is 16.8 Å². The summed E-state index contributed by atoms with van der Waals surface area (Å²) in [7, 11) is -4.08. The second-order valence-corrected chi connectivity index (χ2v) is 8.04. The molecule has 0 fully saturated rings. The van der Waals surface area contributed by atoms with Gasteiger partial charge >= 0.3 is 0 Å². The molecule has 0 aliphatic rings. The zero-order valence-electron chi connectivity index (χ0n) is 15.3. The van der Waals surface area contributed by atoms with Gasteiger partial charge in [-0.1, -0.05) is 30.3 Å². The number of hydrogen-bond donors (Lipinski definition) is 1. The number of nitrogens with one attached hydrogen (secondary N) is 1. The number of Topliss-reactive ketones (excluding diaryl/α,β-unsaturated/α-hetero) is 1. The minimum atomic E-state index is -4.08. The van der Waals surface area contributed by atoms with E-state index < -0.39 is 38.3 Å². The van der Waals surface area contributed by atoms with Gasteiger partial charge in [-0.2, -0.15) is 0 Å². The van der Waals surface area contributed by atoms with E-state index in [0.29, 0.717) is 5.69 Å². The molecule has 0 saturated heterocycles. The molecule has 0 spiro atoms. The third-order valence-corrected chi connectivity index (χ3v) is 5.39. The van der Waals surface area contributed by atoms with Gasteiger partial charge in [0, 0.05) is 17.4 Å². The Kier molecular flexibility index (Phi) is 5.79. The van der Waals surface area contributed by atoms with Crippen LogP contribution in [0.5, 0.6) is 0 Å². The van der Waals surface area contributed by atoms with Crippen molar-refractivity contribution in [2.24, 2.45) is 0 Å². The molecule has 148 valence electrons. The fourth-order valence-corrected chi connectivity index (χ4v) is 3.62. The van der Waals surface area contributed by atoms with Crippen molar-refractivity contribution >= 4 is 27.2 Å². The lowest BCUT2D eigenvalue weighted by Crippen LogP contribution is -2.21. The molecular weight excluding hydrogens is 397 g/mol. The topological polar surface area (TPSA) is 106 Å². The number of amides is 1. The highest BCUT2D eigenvalue weighted by atomic mass is 32.2. The number of carbonyl (C=O) groups excluding carboxylic acids is 2. The Bertz CT molecular complexity index is 1160. The van der Waals surface area contributed by atoms with Crippen molar-refractivity contribution in [1.29, 1.82) is 0 Å². The second kappa shape index (κ2) is 8.27. The highest BCUT2D eigenvalue weighted by molar-refractivity contribution is 7.92. The molecule has 7 nitrogen and oxygen atoms in total. The maximum Gasteiger partial charge on any atom is 0.259 e. The number of benzene rings is 2. The normalized spacial score (nSPS) is 11.1. The quantitative estimate of drug-likeness (QED) is 0.492. The average Bonchev–Trinajstić information content (AvgIpc) is 2.70. The number of nitrogens with zero attached hydrogens (tertiary/aromatic N) is 2. The molecule has 0 bridgehead atoms. The molecule has 3 rings (SSSR count). The van der Waals surface area contributed by atoms with E-state index in [4.69, 9.17) is 0 Å². The van der Waals surface area contributed by atoms with Crippen LogP contribution < -0.4 is 5.32 Å². The lowest BCUT2D eigenvalue weighted by molar-refractivity contribution is 0.101. The van der Waals surface area contributed by atoms with Crippen LogP contribution in [-0.2, 0) is 9.84 Å². The second-order valence-electron chi connectivity index (χ2n) is 6.16. The summed E-state index contributed by atoms with van der Waals surface area (Å²) < 4.78 is 37.9. The molecule has 0 aliphatic heterocycles. The number of sulfone groups is 1. The lowest BCUT2D eigenvalue weighted by Gasteiger charge is -2.09. The highest BCUT2D eigenvalue weighted by Crippen LogP contribution is 2.14. The third kappa shape index (κ3) is 4.88. The number of rotatable bonds is 6. The van der Waals surface area contributed by atoms with Crippen LogP contribution in [0.1, 0.15) is 26.4 Å². The molecular formula is C20H16FN3O4S. The molecule has 9 heteroatoms. The molecule has 3 aromatic rings. The molecule has 2 aromatic carbocycles. The van der Waals surface area contributed by atoms with E-state index in [2.05, 4.69) is 15.3 Å². The number of halogens is 1. The summed E-state index contributed by atoms with van der Waals surface area (Å²) in [5.41, 5.74) is 0.817. The summed E-state index contributed by atoms with van der Waals surface area (Å²) in [6.45, 7) is 1.46. The van der Waals surface area contributed by atoms with Crippen molar-refractivity contribution < 1.29 is 22.4 Å². The summed E-state index contributed by atoms with van der Waals surface area (Å²) in [4.78, 5) is 32.2. The molecule has 29 heavy (non-hydrogen) atoms. The van der Waals surface area contributed by atoms with Gasteiger partial charge in [0.1, 0.15) is 11.6 Å². The molecule has 0 atom stereocenters. The van der Waals surface area contributed by atoms with Gasteiger partial charge in [0.2, 0.25) is 15.0 Å². The van der Waals surface area contributed by atoms with Crippen molar-refractivity contribution in [2.45, 2.75) is 12.1 Å². The van der Waals surface area contributed by atoms with Gasteiger partial charge in [0.25, 0.3) is 5.91 Å². The van der Waals surface area contributed by atoms with Gasteiger partial charge in [-0.05, 0) is 31.2 Å². The van der Waals surface area contributed by atoms with Crippen molar-refractivity contribution in [3.63, 3.8) is 0 Å². The SMILES string of the molecule is Cc1nc(S(=O)(=O)CC(=O)c2ccccc2)ncc1C(=O)Nc1ccc(F)cc1. The minimum absolute atomic E-state index is 0.0580. The molecule has 0 aliphatic carbocycles. The van der Waals surface area contributed by atoms with E-state index >= 15 is 0 Å². The van der Waals surface area contributed by atoms with Crippen molar-refractivity contribution in [3.8, 4) is 0 Å². The van der Waals surface area contributed by atoms with Crippen molar-refractivity contribution in [1.82, 2.24) is 9.97 Å². The molecule has 1 amide bonds. The molecule has 1 aromatic heterocycles. The smallest absolute Gasteiger partial charge is 0.259 e. The summed E-state index contributed by atoms with van der Waals surface area (Å²) >= 11 is 0.